The number of aromatic nitrogens is 2. The van der Waals surface area contributed by atoms with E-state index in [1.54, 1.807) is 0 Å². The number of rotatable bonds is 10. The summed E-state index contributed by atoms with van der Waals surface area (Å²) in [4.78, 5) is 12.1. The van der Waals surface area contributed by atoms with Crippen LogP contribution in [0.15, 0.2) is 4.47 Å². The second kappa shape index (κ2) is 9.32. The van der Waals surface area contributed by atoms with Gasteiger partial charge in [-0.25, -0.2) is 0 Å². The van der Waals surface area contributed by atoms with Gasteiger partial charge in [0.05, 0.1) is 15.9 Å². The third kappa shape index (κ3) is 5.39. The predicted molar refractivity (Wildman–Crippen MR) is 87.0 cm³/mol. The van der Waals surface area contributed by atoms with E-state index in [-0.39, 0.29) is 0 Å². The lowest BCUT2D eigenvalue weighted by atomic mass is 10.1. The topological polar surface area (TPSA) is 34.9 Å². The van der Waals surface area contributed by atoms with E-state index in [0.717, 1.165) is 28.8 Å². The van der Waals surface area contributed by atoms with Crippen molar-refractivity contribution in [3.8, 4) is 0 Å². The lowest BCUT2D eigenvalue weighted by Gasteiger charge is -2.05. The summed E-state index contributed by atoms with van der Waals surface area (Å²) in [6, 6.07) is 0. The largest absolute Gasteiger partial charge is 0.299 e. The number of hydrogen-bond donors (Lipinski definition) is 0. The fourth-order valence-electron chi connectivity index (χ4n) is 2.42. The van der Waals surface area contributed by atoms with Gasteiger partial charge in [0.25, 0.3) is 0 Å². The summed E-state index contributed by atoms with van der Waals surface area (Å²) in [5, 5.41) is 4.43. The molecule has 0 spiro atoms. The highest BCUT2D eigenvalue weighted by atomic mass is 79.9. The van der Waals surface area contributed by atoms with Crippen LogP contribution in [-0.4, -0.2) is 15.6 Å². The molecule has 3 nitrogen and oxygen atoms in total. The Labute approximate surface area is 131 Å². The van der Waals surface area contributed by atoms with Gasteiger partial charge < -0.3 is 0 Å². The number of halogens is 1. The number of Topliss-reactive ketones (excluding diaryl/α,β-unsaturated/α-hetero) is 1. The van der Waals surface area contributed by atoms with Gasteiger partial charge in [0, 0.05) is 19.4 Å². The Bertz CT molecular complexity index is 426. The van der Waals surface area contributed by atoms with Crippen LogP contribution in [0.1, 0.15) is 70.2 Å². The highest BCUT2D eigenvalue weighted by Crippen LogP contribution is 2.22. The molecule has 0 saturated carbocycles. The molecule has 0 N–H and O–H groups in total. The van der Waals surface area contributed by atoms with Gasteiger partial charge in [-0.15, -0.1) is 0 Å². The molecule has 4 heteroatoms. The molecule has 1 heterocycles. The van der Waals surface area contributed by atoms with Crippen molar-refractivity contribution in [2.45, 2.75) is 78.7 Å². The van der Waals surface area contributed by atoms with Crippen LogP contribution in [-0.2, 0) is 17.8 Å². The SMILES string of the molecule is CCCCCCCCC(=O)Cc1c(Br)c(C)nn1CC. The van der Waals surface area contributed by atoms with Gasteiger partial charge in [-0.2, -0.15) is 5.10 Å². The number of hydrogen-bond acceptors (Lipinski definition) is 2. The van der Waals surface area contributed by atoms with Crippen molar-refractivity contribution in [2.24, 2.45) is 0 Å². The second-order valence-corrected chi connectivity index (χ2v) is 6.19. The first-order valence-corrected chi connectivity index (χ1v) is 8.62. The lowest BCUT2D eigenvalue weighted by Crippen LogP contribution is -2.09. The molecule has 0 saturated heterocycles. The van der Waals surface area contributed by atoms with Crippen molar-refractivity contribution in [1.82, 2.24) is 9.78 Å². The Balaban J connectivity index is 2.35. The van der Waals surface area contributed by atoms with Gasteiger partial charge in [0.15, 0.2) is 0 Å². The average Bonchev–Trinajstić information content (AvgIpc) is 2.70. The van der Waals surface area contributed by atoms with Crippen molar-refractivity contribution in [2.75, 3.05) is 0 Å². The fourth-order valence-corrected chi connectivity index (χ4v) is 2.84. The summed E-state index contributed by atoms with van der Waals surface area (Å²) in [7, 11) is 0. The molecule has 0 aliphatic carbocycles. The van der Waals surface area contributed by atoms with Crippen LogP contribution in [0.5, 0.6) is 0 Å². The van der Waals surface area contributed by atoms with Gasteiger partial charge in [0.2, 0.25) is 0 Å². The van der Waals surface area contributed by atoms with Crippen molar-refractivity contribution >= 4 is 21.7 Å². The zero-order chi connectivity index (χ0) is 15.0. The van der Waals surface area contributed by atoms with Crippen LogP contribution < -0.4 is 0 Å². The van der Waals surface area contributed by atoms with Crippen LogP contribution in [0.25, 0.3) is 0 Å². The summed E-state index contributed by atoms with van der Waals surface area (Å²) >= 11 is 3.55. The molecule has 1 aromatic rings. The van der Waals surface area contributed by atoms with E-state index in [9.17, 15) is 4.79 Å². The Kier molecular flexibility index (Phi) is 8.12. The number of ketones is 1. The fraction of sp³-hybridized carbons (Fsp3) is 0.750. The Hall–Kier alpha value is -0.640. The minimum atomic E-state index is 0.329. The molecule has 0 radical (unpaired) electrons. The van der Waals surface area contributed by atoms with E-state index in [0.29, 0.717) is 18.6 Å². The van der Waals surface area contributed by atoms with Crippen molar-refractivity contribution in [3.63, 3.8) is 0 Å². The zero-order valence-corrected chi connectivity index (χ0v) is 14.6. The summed E-state index contributed by atoms with van der Waals surface area (Å²) < 4.78 is 2.93. The summed E-state index contributed by atoms with van der Waals surface area (Å²) in [5.74, 6) is 0.329. The van der Waals surface area contributed by atoms with E-state index in [4.69, 9.17) is 0 Å². The minimum Gasteiger partial charge on any atom is -0.299 e. The number of carbonyl (C=O) groups excluding carboxylic acids is 1. The third-order valence-electron chi connectivity index (χ3n) is 3.63. The summed E-state index contributed by atoms with van der Waals surface area (Å²) in [5.41, 5.74) is 2.00. The number of carbonyl (C=O) groups is 1. The maximum Gasteiger partial charge on any atom is 0.138 e. The van der Waals surface area contributed by atoms with E-state index >= 15 is 0 Å². The molecule has 0 fully saturated rings. The molecule has 0 aromatic carbocycles. The van der Waals surface area contributed by atoms with E-state index in [1.165, 1.54) is 32.1 Å². The van der Waals surface area contributed by atoms with Crippen molar-refractivity contribution < 1.29 is 4.79 Å². The zero-order valence-electron chi connectivity index (χ0n) is 13.0. The van der Waals surface area contributed by atoms with Gasteiger partial charge in [0.1, 0.15) is 5.78 Å². The average molecular weight is 343 g/mol. The van der Waals surface area contributed by atoms with Gasteiger partial charge >= 0.3 is 0 Å². The molecule has 20 heavy (non-hydrogen) atoms. The Morgan fingerprint density at radius 2 is 1.80 bits per heavy atom. The molecule has 0 atom stereocenters. The van der Waals surface area contributed by atoms with Crippen molar-refractivity contribution in [3.05, 3.63) is 15.9 Å². The van der Waals surface area contributed by atoms with Crippen LogP contribution in [0, 0.1) is 6.92 Å². The standard InChI is InChI=1S/C16H27BrN2O/c1-4-6-7-8-9-10-11-14(20)12-15-16(17)13(3)18-19(15)5-2/h4-12H2,1-3H3. The Morgan fingerprint density at radius 1 is 1.15 bits per heavy atom. The van der Waals surface area contributed by atoms with Crippen LogP contribution >= 0.6 is 15.9 Å². The highest BCUT2D eigenvalue weighted by Gasteiger charge is 2.15. The highest BCUT2D eigenvalue weighted by molar-refractivity contribution is 9.10. The molecular weight excluding hydrogens is 316 g/mol. The molecule has 0 aliphatic heterocycles. The van der Waals surface area contributed by atoms with E-state index < -0.39 is 0 Å². The third-order valence-corrected chi connectivity index (χ3v) is 4.66. The van der Waals surface area contributed by atoms with Gasteiger partial charge in [-0.3, -0.25) is 9.48 Å². The van der Waals surface area contributed by atoms with Gasteiger partial charge in [-0.1, -0.05) is 39.0 Å². The van der Waals surface area contributed by atoms with Gasteiger partial charge in [-0.05, 0) is 36.2 Å². The minimum absolute atomic E-state index is 0.329. The second-order valence-electron chi connectivity index (χ2n) is 5.40. The van der Waals surface area contributed by atoms with Crippen LogP contribution in [0.4, 0.5) is 0 Å². The molecule has 1 aromatic heterocycles. The molecule has 0 aliphatic rings. The number of aryl methyl sites for hydroxylation is 2. The molecule has 0 unspecified atom stereocenters. The Morgan fingerprint density at radius 3 is 2.45 bits per heavy atom. The summed E-state index contributed by atoms with van der Waals surface area (Å²) in [6.45, 7) is 7.06. The maximum absolute atomic E-state index is 12.1. The smallest absolute Gasteiger partial charge is 0.138 e. The predicted octanol–water partition coefficient (Wildman–Crippen LogP) is 4.84. The monoisotopic (exact) mass is 342 g/mol. The first kappa shape index (κ1) is 17.4. The maximum atomic E-state index is 12.1. The van der Waals surface area contributed by atoms with Crippen LogP contribution in [0.3, 0.4) is 0 Å². The quantitative estimate of drug-likeness (QED) is 0.570. The number of nitrogens with zero attached hydrogens (tertiary/aromatic N) is 2. The van der Waals surface area contributed by atoms with E-state index in [1.807, 2.05) is 11.6 Å². The van der Waals surface area contributed by atoms with E-state index in [2.05, 4.69) is 34.9 Å². The number of unbranched alkanes of at least 4 members (excludes halogenated alkanes) is 5. The van der Waals surface area contributed by atoms with Crippen LogP contribution in [0.2, 0.25) is 0 Å². The lowest BCUT2D eigenvalue weighted by molar-refractivity contribution is -0.118. The molecule has 1 rings (SSSR count). The first-order valence-electron chi connectivity index (χ1n) is 7.83. The first-order chi connectivity index (χ1) is 9.60. The van der Waals surface area contributed by atoms with Crippen molar-refractivity contribution in [1.29, 1.82) is 0 Å². The normalized spacial score (nSPS) is 11.0. The molecule has 0 bridgehead atoms. The summed E-state index contributed by atoms with van der Waals surface area (Å²) in [6.07, 6.45) is 8.56. The molecule has 114 valence electrons. The molecule has 0 amide bonds. The molecular formula is C16H27BrN2O.